The number of fused-ring (bicyclic) bond motifs is 1. The zero-order chi connectivity index (χ0) is 18.8. The number of thioether (sulfide) groups is 1. The van der Waals surface area contributed by atoms with E-state index < -0.39 is 0 Å². The maximum absolute atomic E-state index is 13.0. The Morgan fingerprint density at radius 2 is 1.78 bits per heavy atom. The summed E-state index contributed by atoms with van der Waals surface area (Å²) in [7, 11) is 1.64. The van der Waals surface area contributed by atoms with Crippen LogP contribution >= 0.6 is 11.8 Å². The van der Waals surface area contributed by atoms with E-state index in [0.717, 1.165) is 22.1 Å². The van der Waals surface area contributed by atoms with Crippen LogP contribution in [0.5, 0.6) is 5.75 Å². The lowest BCUT2D eigenvalue weighted by Crippen LogP contribution is -2.19. The van der Waals surface area contributed by atoms with Crippen molar-refractivity contribution < 1.29 is 13.9 Å². The Labute approximate surface area is 159 Å². The second-order valence-corrected chi connectivity index (χ2v) is 6.89. The third-order valence-electron chi connectivity index (χ3n) is 4.13. The van der Waals surface area contributed by atoms with E-state index in [1.807, 2.05) is 42.5 Å². The van der Waals surface area contributed by atoms with Crippen LogP contribution in [-0.4, -0.2) is 18.2 Å². The van der Waals surface area contributed by atoms with Gasteiger partial charge in [-0.05, 0) is 59.1 Å². The van der Waals surface area contributed by atoms with E-state index in [9.17, 15) is 9.18 Å². The molecule has 0 aliphatic carbocycles. The molecule has 1 aliphatic heterocycles. The van der Waals surface area contributed by atoms with E-state index in [1.165, 1.54) is 23.9 Å². The molecule has 1 amide bonds. The SMILES string of the molecule is COc1ccc(/C=C2/SC(=Nc3ccc(F)cc3)NC2=O)c2ccccc12. The summed E-state index contributed by atoms with van der Waals surface area (Å²) in [5.74, 6) is 0.254. The molecule has 3 aromatic rings. The molecule has 4 nitrogen and oxygen atoms in total. The lowest BCUT2D eigenvalue weighted by Gasteiger charge is -2.08. The fourth-order valence-corrected chi connectivity index (χ4v) is 3.69. The van der Waals surface area contributed by atoms with Gasteiger partial charge in [0.15, 0.2) is 5.17 Å². The Morgan fingerprint density at radius 1 is 1.04 bits per heavy atom. The molecule has 0 spiro atoms. The van der Waals surface area contributed by atoms with Gasteiger partial charge in [-0.1, -0.05) is 30.3 Å². The average Bonchev–Trinajstić information content (AvgIpc) is 3.03. The minimum absolute atomic E-state index is 0.208. The summed E-state index contributed by atoms with van der Waals surface area (Å²) in [5.41, 5.74) is 1.50. The van der Waals surface area contributed by atoms with E-state index in [4.69, 9.17) is 4.74 Å². The van der Waals surface area contributed by atoms with E-state index in [1.54, 1.807) is 19.2 Å². The highest BCUT2D eigenvalue weighted by Crippen LogP contribution is 2.33. The summed E-state index contributed by atoms with van der Waals surface area (Å²) in [6.45, 7) is 0. The maximum Gasteiger partial charge on any atom is 0.264 e. The number of hydrogen-bond donors (Lipinski definition) is 1. The minimum Gasteiger partial charge on any atom is -0.496 e. The second kappa shape index (κ2) is 7.25. The summed E-state index contributed by atoms with van der Waals surface area (Å²) in [6, 6.07) is 17.5. The fraction of sp³-hybridized carbons (Fsp3) is 0.0476. The van der Waals surface area contributed by atoms with E-state index in [2.05, 4.69) is 10.3 Å². The highest BCUT2D eigenvalue weighted by Gasteiger charge is 2.24. The van der Waals surface area contributed by atoms with E-state index in [0.29, 0.717) is 15.8 Å². The number of halogens is 1. The topological polar surface area (TPSA) is 50.7 Å². The third kappa shape index (κ3) is 3.57. The first-order chi connectivity index (χ1) is 13.1. The van der Waals surface area contributed by atoms with Crippen LogP contribution in [0.2, 0.25) is 0 Å². The first-order valence-electron chi connectivity index (χ1n) is 8.25. The number of amidine groups is 1. The normalized spacial score (nSPS) is 16.9. The molecule has 3 aromatic carbocycles. The monoisotopic (exact) mass is 378 g/mol. The van der Waals surface area contributed by atoms with Crippen molar-refractivity contribution in [2.24, 2.45) is 4.99 Å². The van der Waals surface area contributed by atoms with Gasteiger partial charge in [0.25, 0.3) is 5.91 Å². The number of nitrogens with one attached hydrogen (secondary N) is 1. The van der Waals surface area contributed by atoms with Gasteiger partial charge in [-0.15, -0.1) is 0 Å². The molecular weight excluding hydrogens is 363 g/mol. The molecule has 1 aliphatic rings. The summed E-state index contributed by atoms with van der Waals surface area (Å²) in [4.78, 5) is 17.2. The second-order valence-electron chi connectivity index (χ2n) is 5.86. The first kappa shape index (κ1) is 17.3. The molecule has 0 aromatic heterocycles. The van der Waals surface area contributed by atoms with Gasteiger partial charge >= 0.3 is 0 Å². The number of carbonyl (C=O) groups is 1. The van der Waals surface area contributed by atoms with Gasteiger partial charge in [0.1, 0.15) is 11.6 Å². The number of aliphatic imine (C=N–C) groups is 1. The van der Waals surface area contributed by atoms with Gasteiger partial charge in [0.05, 0.1) is 17.7 Å². The molecule has 1 heterocycles. The molecular formula is C21H15FN2O2S. The number of ether oxygens (including phenoxy) is 1. The molecule has 27 heavy (non-hydrogen) atoms. The molecule has 134 valence electrons. The van der Waals surface area contributed by atoms with Crippen LogP contribution < -0.4 is 10.1 Å². The predicted octanol–water partition coefficient (Wildman–Crippen LogP) is 4.88. The molecule has 4 rings (SSSR count). The van der Waals surface area contributed by atoms with Crippen molar-refractivity contribution in [3.05, 3.63) is 76.9 Å². The molecule has 0 bridgehead atoms. The van der Waals surface area contributed by atoms with Gasteiger partial charge < -0.3 is 10.1 Å². The largest absolute Gasteiger partial charge is 0.496 e. The van der Waals surface area contributed by atoms with Crippen molar-refractivity contribution in [3.8, 4) is 5.75 Å². The van der Waals surface area contributed by atoms with Crippen molar-refractivity contribution in [3.63, 3.8) is 0 Å². The summed E-state index contributed by atoms with van der Waals surface area (Å²) in [6.07, 6.45) is 1.84. The predicted molar refractivity (Wildman–Crippen MR) is 108 cm³/mol. The Bertz CT molecular complexity index is 1090. The van der Waals surface area contributed by atoms with Crippen LogP contribution in [0.25, 0.3) is 16.8 Å². The third-order valence-corrected chi connectivity index (χ3v) is 5.04. The van der Waals surface area contributed by atoms with Crippen LogP contribution in [0.1, 0.15) is 5.56 Å². The van der Waals surface area contributed by atoms with Gasteiger partial charge in [-0.2, -0.15) is 0 Å². The van der Waals surface area contributed by atoms with Crippen molar-refractivity contribution in [2.75, 3.05) is 7.11 Å². The van der Waals surface area contributed by atoms with E-state index in [-0.39, 0.29) is 11.7 Å². The van der Waals surface area contributed by atoms with Crippen LogP contribution in [0.4, 0.5) is 10.1 Å². The van der Waals surface area contributed by atoms with Gasteiger partial charge in [-0.25, -0.2) is 9.38 Å². The minimum atomic E-state index is -0.325. The first-order valence-corrected chi connectivity index (χ1v) is 9.06. The molecule has 1 saturated heterocycles. The molecule has 1 N–H and O–H groups in total. The van der Waals surface area contributed by atoms with Crippen LogP contribution in [0, 0.1) is 5.82 Å². The Hall–Kier alpha value is -3.12. The zero-order valence-electron chi connectivity index (χ0n) is 14.4. The molecule has 0 atom stereocenters. The van der Waals surface area contributed by atoms with Crippen LogP contribution in [0.3, 0.4) is 0 Å². The molecule has 0 radical (unpaired) electrons. The highest BCUT2D eigenvalue weighted by atomic mass is 32.2. The maximum atomic E-state index is 13.0. The number of carbonyl (C=O) groups excluding carboxylic acids is 1. The lowest BCUT2D eigenvalue weighted by molar-refractivity contribution is -0.115. The lowest BCUT2D eigenvalue weighted by atomic mass is 10.0. The van der Waals surface area contributed by atoms with Crippen molar-refractivity contribution in [1.29, 1.82) is 0 Å². The fourth-order valence-electron chi connectivity index (χ4n) is 2.85. The Kier molecular flexibility index (Phi) is 4.64. The van der Waals surface area contributed by atoms with Gasteiger partial charge in [-0.3, -0.25) is 4.79 Å². The smallest absolute Gasteiger partial charge is 0.264 e. The van der Waals surface area contributed by atoms with Gasteiger partial charge in [0.2, 0.25) is 0 Å². The highest BCUT2D eigenvalue weighted by molar-refractivity contribution is 8.18. The number of amides is 1. The molecule has 6 heteroatoms. The van der Waals surface area contributed by atoms with Crippen molar-refractivity contribution in [1.82, 2.24) is 5.32 Å². The number of nitrogens with zero attached hydrogens (tertiary/aromatic N) is 1. The van der Waals surface area contributed by atoms with Crippen molar-refractivity contribution in [2.45, 2.75) is 0 Å². The number of methoxy groups -OCH3 is 1. The quantitative estimate of drug-likeness (QED) is 0.661. The molecule has 0 saturated carbocycles. The molecule has 1 fully saturated rings. The molecule has 0 unspecified atom stereocenters. The zero-order valence-corrected chi connectivity index (χ0v) is 15.2. The standard InChI is InChI=1S/C21H15FN2O2S/c1-26-18-11-6-13(16-4-2-3-5-17(16)18)12-19-20(25)24-21(27-19)23-15-9-7-14(22)8-10-15/h2-12H,1H3,(H,23,24,25)/b19-12+. The summed E-state index contributed by atoms with van der Waals surface area (Å²) < 4.78 is 18.4. The van der Waals surface area contributed by atoms with Crippen LogP contribution in [0.15, 0.2) is 70.6 Å². The van der Waals surface area contributed by atoms with Crippen molar-refractivity contribution >= 4 is 45.4 Å². The average molecular weight is 378 g/mol. The number of rotatable bonds is 3. The number of benzene rings is 3. The van der Waals surface area contributed by atoms with E-state index >= 15 is 0 Å². The summed E-state index contributed by atoms with van der Waals surface area (Å²) >= 11 is 1.26. The number of hydrogen-bond acceptors (Lipinski definition) is 4. The Balaban J connectivity index is 1.68. The van der Waals surface area contributed by atoms with Crippen LogP contribution in [-0.2, 0) is 4.79 Å². The van der Waals surface area contributed by atoms with Gasteiger partial charge in [0, 0.05) is 5.39 Å². The Morgan fingerprint density at radius 3 is 2.52 bits per heavy atom. The summed E-state index contributed by atoms with van der Waals surface area (Å²) in [5, 5.41) is 5.20.